The standard InChI is InChI=1S/C18H23N3O4S/c1-23-12-5-6-13(24-2)16-15(12)19-18(26-16)21-9-7-20(8-10-21)17(22)14-4-3-11-25-14/h5-6,14H,3-4,7-11H2,1-2H3. The number of anilines is 1. The van der Waals surface area contributed by atoms with E-state index in [0.29, 0.717) is 19.7 Å². The first-order chi connectivity index (χ1) is 12.7. The quantitative estimate of drug-likeness (QED) is 0.813. The zero-order chi connectivity index (χ0) is 18.1. The van der Waals surface area contributed by atoms with Gasteiger partial charge in [-0.1, -0.05) is 11.3 Å². The van der Waals surface area contributed by atoms with Gasteiger partial charge < -0.3 is 24.0 Å². The molecule has 0 spiro atoms. The number of thiazole rings is 1. The Balaban J connectivity index is 1.50. The number of piperazine rings is 1. The van der Waals surface area contributed by atoms with Gasteiger partial charge in [0.15, 0.2) is 5.13 Å². The van der Waals surface area contributed by atoms with Crippen LogP contribution in [0.2, 0.25) is 0 Å². The fourth-order valence-electron chi connectivity index (χ4n) is 3.50. The SMILES string of the molecule is COc1ccc(OC)c2sc(N3CCN(C(=O)C4CCCO4)CC3)nc12. The predicted octanol–water partition coefficient (Wildman–Crippen LogP) is 2.14. The molecule has 2 aromatic rings. The van der Waals surface area contributed by atoms with Crippen molar-refractivity contribution < 1.29 is 19.0 Å². The molecule has 0 N–H and O–H groups in total. The average Bonchev–Trinajstić information content (AvgIpc) is 3.36. The Morgan fingerprint density at radius 1 is 1.19 bits per heavy atom. The zero-order valence-corrected chi connectivity index (χ0v) is 15.9. The van der Waals surface area contributed by atoms with Gasteiger partial charge in [0.05, 0.1) is 14.2 Å². The maximum Gasteiger partial charge on any atom is 0.251 e. The van der Waals surface area contributed by atoms with Crippen molar-refractivity contribution in [3.63, 3.8) is 0 Å². The molecular weight excluding hydrogens is 354 g/mol. The molecule has 0 aliphatic carbocycles. The number of aromatic nitrogens is 1. The molecule has 1 amide bonds. The first-order valence-electron chi connectivity index (χ1n) is 8.88. The number of fused-ring (bicyclic) bond motifs is 1. The van der Waals surface area contributed by atoms with Crippen molar-refractivity contribution >= 4 is 32.6 Å². The van der Waals surface area contributed by atoms with Crippen LogP contribution < -0.4 is 14.4 Å². The fourth-order valence-corrected chi connectivity index (χ4v) is 4.63. The summed E-state index contributed by atoms with van der Waals surface area (Å²) in [5, 5.41) is 0.937. The van der Waals surface area contributed by atoms with Crippen LogP contribution in [0.25, 0.3) is 10.2 Å². The Morgan fingerprint density at radius 3 is 2.58 bits per heavy atom. The summed E-state index contributed by atoms with van der Waals surface area (Å²) in [6.45, 7) is 3.63. The number of hydrogen-bond acceptors (Lipinski definition) is 7. The molecule has 3 heterocycles. The molecule has 2 fully saturated rings. The number of carbonyl (C=O) groups excluding carboxylic acids is 1. The van der Waals surface area contributed by atoms with Gasteiger partial charge in [-0.05, 0) is 25.0 Å². The minimum atomic E-state index is -0.238. The first kappa shape index (κ1) is 17.4. The van der Waals surface area contributed by atoms with E-state index in [0.717, 1.165) is 52.8 Å². The topological polar surface area (TPSA) is 64.1 Å². The molecule has 140 valence electrons. The Bertz CT molecular complexity index is 754. The second kappa shape index (κ2) is 7.28. The highest BCUT2D eigenvalue weighted by molar-refractivity contribution is 7.22. The van der Waals surface area contributed by atoms with Gasteiger partial charge in [-0.25, -0.2) is 4.98 Å². The maximum absolute atomic E-state index is 12.5. The molecule has 1 aromatic carbocycles. The van der Waals surface area contributed by atoms with Gasteiger partial charge >= 0.3 is 0 Å². The lowest BCUT2D eigenvalue weighted by atomic mass is 10.2. The monoisotopic (exact) mass is 377 g/mol. The second-order valence-electron chi connectivity index (χ2n) is 6.46. The molecule has 1 atom stereocenters. The maximum atomic E-state index is 12.5. The Labute approximate surface area is 156 Å². The first-order valence-corrected chi connectivity index (χ1v) is 9.69. The van der Waals surface area contributed by atoms with Crippen LogP contribution in [0.5, 0.6) is 11.5 Å². The van der Waals surface area contributed by atoms with Crippen LogP contribution in [0.3, 0.4) is 0 Å². The van der Waals surface area contributed by atoms with Crippen LogP contribution in [-0.2, 0) is 9.53 Å². The average molecular weight is 377 g/mol. The summed E-state index contributed by atoms with van der Waals surface area (Å²) in [4.78, 5) is 21.4. The molecule has 2 aliphatic rings. The molecule has 0 radical (unpaired) electrons. The van der Waals surface area contributed by atoms with Crippen LogP contribution in [0, 0.1) is 0 Å². The van der Waals surface area contributed by atoms with Crippen molar-refractivity contribution in [2.45, 2.75) is 18.9 Å². The van der Waals surface area contributed by atoms with Crippen LogP contribution >= 0.6 is 11.3 Å². The van der Waals surface area contributed by atoms with Crippen LogP contribution in [0.1, 0.15) is 12.8 Å². The van der Waals surface area contributed by atoms with Crippen molar-refractivity contribution in [2.24, 2.45) is 0 Å². The lowest BCUT2D eigenvalue weighted by Crippen LogP contribution is -2.51. The molecule has 2 aliphatic heterocycles. The molecule has 2 saturated heterocycles. The van der Waals surface area contributed by atoms with Crippen LogP contribution in [0.4, 0.5) is 5.13 Å². The molecule has 8 heteroatoms. The third-order valence-corrected chi connectivity index (χ3v) is 6.10. The summed E-state index contributed by atoms with van der Waals surface area (Å²) in [6.07, 6.45) is 1.58. The smallest absolute Gasteiger partial charge is 0.251 e. The highest BCUT2D eigenvalue weighted by atomic mass is 32.1. The van der Waals surface area contributed by atoms with E-state index in [-0.39, 0.29) is 12.0 Å². The highest BCUT2D eigenvalue weighted by Gasteiger charge is 2.31. The van der Waals surface area contributed by atoms with E-state index >= 15 is 0 Å². The molecule has 1 unspecified atom stereocenters. The molecule has 7 nitrogen and oxygen atoms in total. The van der Waals surface area contributed by atoms with E-state index in [1.165, 1.54) is 0 Å². The lowest BCUT2D eigenvalue weighted by molar-refractivity contribution is -0.141. The van der Waals surface area contributed by atoms with Gasteiger partial charge in [0.1, 0.15) is 27.8 Å². The van der Waals surface area contributed by atoms with Crippen molar-refractivity contribution in [2.75, 3.05) is 51.9 Å². The van der Waals surface area contributed by atoms with Crippen molar-refractivity contribution in [3.8, 4) is 11.5 Å². The minimum Gasteiger partial charge on any atom is -0.495 e. The van der Waals surface area contributed by atoms with E-state index in [9.17, 15) is 4.79 Å². The third kappa shape index (κ3) is 3.07. The lowest BCUT2D eigenvalue weighted by Gasteiger charge is -2.35. The van der Waals surface area contributed by atoms with E-state index in [2.05, 4.69) is 4.90 Å². The van der Waals surface area contributed by atoms with Crippen LogP contribution in [-0.4, -0.2) is 68.9 Å². The molecule has 0 bridgehead atoms. The molecular formula is C18H23N3O4S. The number of ether oxygens (including phenoxy) is 3. The molecule has 4 rings (SSSR count). The van der Waals surface area contributed by atoms with Gasteiger partial charge in [-0.2, -0.15) is 0 Å². The number of methoxy groups -OCH3 is 2. The van der Waals surface area contributed by atoms with E-state index in [4.69, 9.17) is 19.2 Å². The Kier molecular flexibility index (Phi) is 4.86. The van der Waals surface area contributed by atoms with Crippen molar-refractivity contribution in [3.05, 3.63) is 12.1 Å². The number of carbonyl (C=O) groups is 1. The normalized spacial score (nSPS) is 20.6. The molecule has 1 aromatic heterocycles. The zero-order valence-electron chi connectivity index (χ0n) is 15.1. The number of hydrogen-bond donors (Lipinski definition) is 0. The van der Waals surface area contributed by atoms with E-state index in [1.54, 1.807) is 25.6 Å². The van der Waals surface area contributed by atoms with Gasteiger partial charge in [-0.3, -0.25) is 4.79 Å². The van der Waals surface area contributed by atoms with Crippen LogP contribution in [0.15, 0.2) is 12.1 Å². The molecule has 26 heavy (non-hydrogen) atoms. The Morgan fingerprint density at radius 2 is 1.92 bits per heavy atom. The predicted molar refractivity (Wildman–Crippen MR) is 100 cm³/mol. The number of nitrogens with zero attached hydrogens (tertiary/aromatic N) is 3. The van der Waals surface area contributed by atoms with Gasteiger partial charge in [0.25, 0.3) is 5.91 Å². The van der Waals surface area contributed by atoms with Gasteiger partial charge in [0.2, 0.25) is 0 Å². The largest absolute Gasteiger partial charge is 0.495 e. The summed E-state index contributed by atoms with van der Waals surface area (Å²) >= 11 is 1.60. The summed E-state index contributed by atoms with van der Waals surface area (Å²) < 4.78 is 17.4. The van der Waals surface area contributed by atoms with Gasteiger partial charge in [-0.15, -0.1) is 0 Å². The summed E-state index contributed by atoms with van der Waals surface area (Å²) in [7, 11) is 3.31. The summed E-state index contributed by atoms with van der Waals surface area (Å²) in [5.41, 5.74) is 0.824. The van der Waals surface area contributed by atoms with E-state index in [1.807, 2.05) is 17.0 Å². The number of rotatable bonds is 4. The third-order valence-electron chi connectivity index (χ3n) is 4.97. The van der Waals surface area contributed by atoms with Gasteiger partial charge in [0, 0.05) is 32.8 Å². The Hall–Kier alpha value is -2.06. The summed E-state index contributed by atoms with van der Waals surface area (Å²) in [5.74, 6) is 1.68. The fraction of sp³-hybridized carbons (Fsp3) is 0.556. The number of amides is 1. The summed E-state index contributed by atoms with van der Waals surface area (Å²) in [6, 6.07) is 3.78. The number of benzene rings is 1. The highest BCUT2D eigenvalue weighted by Crippen LogP contribution is 2.40. The van der Waals surface area contributed by atoms with Crippen molar-refractivity contribution in [1.82, 2.24) is 9.88 Å². The minimum absolute atomic E-state index is 0.134. The van der Waals surface area contributed by atoms with E-state index < -0.39 is 0 Å². The van der Waals surface area contributed by atoms with Crippen molar-refractivity contribution in [1.29, 1.82) is 0 Å². The second-order valence-corrected chi connectivity index (χ2v) is 7.44. The molecule has 0 saturated carbocycles.